The standard InChI is InChI=1S/C33H31Cl2N3O8/c34-26-14-23(16-36-29(17-40)33(41)42)30(44-18-20-8-9-27-28(12-20)38-46-37-27)15-31(26)45-19-22-5-2-7-25(32(22)35)21-4-1-6-24(13-21)43-11-3-10-39/h1-2,4-9,12-15,29,36,39-40H,3,10-11,16-19H2,(H,41,42). The number of aromatic nitrogens is 2. The highest BCUT2D eigenvalue weighted by molar-refractivity contribution is 6.34. The molecule has 0 spiro atoms. The first-order valence-corrected chi connectivity index (χ1v) is 15.1. The molecule has 0 saturated carbocycles. The van der Waals surface area contributed by atoms with Crippen molar-refractivity contribution in [3.63, 3.8) is 0 Å². The lowest BCUT2D eigenvalue weighted by molar-refractivity contribution is -0.140. The van der Waals surface area contributed by atoms with Gasteiger partial charge in [-0.15, -0.1) is 0 Å². The van der Waals surface area contributed by atoms with Crippen LogP contribution in [0.3, 0.4) is 0 Å². The normalized spacial score (nSPS) is 11.8. The lowest BCUT2D eigenvalue weighted by atomic mass is 10.0. The third kappa shape index (κ3) is 8.25. The molecule has 1 unspecified atom stereocenters. The van der Waals surface area contributed by atoms with E-state index in [9.17, 15) is 15.0 Å². The molecule has 0 aliphatic heterocycles. The van der Waals surface area contributed by atoms with E-state index in [1.807, 2.05) is 48.5 Å². The average Bonchev–Trinajstić information content (AvgIpc) is 3.53. The molecule has 4 aromatic carbocycles. The van der Waals surface area contributed by atoms with E-state index in [0.717, 1.165) is 22.3 Å². The van der Waals surface area contributed by atoms with E-state index in [0.29, 0.717) is 51.9 Å². The van der Waals surface area contributed by atoms with Crippen molar-refractivity contribution in [2.75, 3.05) is 19.8 Å². The number of aliphatic hydroxyl groups is 2. The van der Waals surface area contributed by atoms with Crippen LogP contribution in [0, 0.1) is 0 Å². The van der Waals surface area contributed by atoms with Crippen molar-refractivity contribution < 1.29 is 39.0 Å². The van der Waals surface area contributed by atoms with Gasteiger partial charge in [-0.1, -0.05) is 59.6 Å². The van der Waals surface area contributed by atoms with Crippen molar-refractivity contribution in [3.05, 3.63) is 99.5 Å². The molecule has 0 amide bonds. The molecular formula is C33H31Cl2N3O8. The third-order valence-electron chi connectivity index (χ3n) is 7.03. The molecule has 1 atom stereocenters. The number of hydrogen-bond donors (Lipinski definition) is 4. The predicted molar refractivity (Wildman–Crippen MR) is 171 cm³/mol. The fraction of sp³-hybridized carbons (Fsp3) is 0.242. The van der Waals surface area contributed by atoms with E-state index in [-0.39, 0.29) is 31.4 Å². The number of carboxylic acids is 1. The largest absolute Gasteiger partial charge is 0.493 e. The Kier molecular flexibility index (Phi) is 11.3. The van der Waals surface area contributed by atoms with Crippen LogP contribution in [0.2, 0.25) is 10.0 Å². The first-order chi connectivity index (χ1) is 22.4. The molecule has 240 valence electrons. The van der Waals surface area contributed by atoms with Gasteiger partial charge in [0, 0.05) is 42.3 Å². The number of benzene rings is 4. The van der Waals surface area contributed by atoms with E-state index in [1.54, 1.807) is 24.3 Å². The third-order valence-corrected chi connectivity index (χ3v) is 7.77. The molecule has 5 rings (SSSR count). The monoisotopic (exact) mass is 667 g/mol. The Balaban J connectivity index is 1.36. The molecular weight excluding hydrogens is 637 g/mol. The second-order valence-corrected chi connectivity index (χ2v) is 11.0. The Morgan fingerprint density at radius 3 is 2.48 bits per heavy atom. The van der Waals surface area contributed by atoms with Crippen molar-refractivity contribution in [2.45, 2.75) is 32.2 Å². The summed E-state index contributed by atoms with van der Waals surface area (Å²) in [5.74, 6) is 0.203. The minimum absolute atomic E-state index is 0.0513. The van der Waals surface area contributed by atoms with Crippen LogP contribution in [0.5, 0.6) is 17.2 Å². The lowest BCUT2D eigenvalue weighted by Crippen LogP contribution is -2.39. The van der Waals surface area contributed by atoms with Crippen LogP contribution in [0.25, 0.3) is 22.2 Å². The van der Waals surface area contributed by atoms with E-state index < -0.39 is 18.6 Å². The van der Waals surface area contributed by atoms with Gasteiger partial charge in [0.25, 0.3) is 0 Å². The minimum Gasteiger partial charge on any atom is -0.493 e. The summed E-state index contributed by atoms with van der Waals surface area (Å²) in [5, 5.41) is 39.1. The van der Waals surface area contributed by atoms with Gasteiger partial charge in [-0.25, -0.2) is 4.63 Å². The summed E-state index contributed by atoms with van der Waals surface area (Å²) in [4.78, 5) is 11.4. The number of nitrogens with one attached hydrogen (secondary N) is 1. The van der Waals surface area contributed by atoms with Crippen molar-refractivity contribution in [3.8, 4) is 28.4 Å². The molecule has 1 heterocycles. The number of halogens is 2. The van der Waals surface area contributed by atoms with Crippen molar-refractivity contribution in [1.82, 2.24) is 15.6 Å². The molecule has 4 N–H and O–H groups in total. The van der Waals surface area contributed by atoms with Crippen LogP contribution in [0.15, 0.2) is 77.4 Å². The van der Waals surface area contributed by atoms with Gasteiger partial charge in [0.05, 0.1) is 23.3 Å². The van der Waals surface area contributed by atoms with Crippen molar-refractivity contribution >= 4 is 40.2 Å². The maximum Gasteiger partial charge on any atom is 0.323 e. The van der Waals surface area contributed by atoms with Crippen LogP contribution in [-0.4, -0.2) is 57.5 Å². The number of carboxylic acid groups (broad SMARTS) is 1. The van der Waals surface area contributed by atoms with Gasteiger partial charge in [0.15, 0.2) is 0 Å². The van der Waals surface area contributed by atoms with Gasteiger partial charge >= 0.3 is 5.97 Å². The molecule has 0 aliphatic carbocycles. The maximum atomic E-state index is 11.4. The SMILES string of the molecule is O=C(O)C(CO)NCc1cc(Cl)c(OCc2cccc(-c3cccc(OCCCO)c3)c2Cl)cc1OCc1ccc2nonc2c1. The number of ether oxygens (including phenoxy) is 3. The topological polar surface area (TPSA) is 156 Å². The summed E-state index contributed by atoms with van der Waals surface area (Å²) < 4.78 is 22.8. The van der Waals surface area contributed by atoms with Gasteiger partial charge < -0.3 is 29.5 Å². The Morgan fingerprint density at radius 1 is 0.870 bits per heavy atom. The number of nitrogens with zero attached hydrogens (tertiary/aromatic N) is 2. The Hall–Kier alpha value is -4.39. The van der Waals surface area contributed by atoms with Gasteiger partial charge in [-0.2, -0.15) is 0 Å². The smallest absolute Gasteiger partial charge is 0.323 e. The van der Waals surface area contributed by atoms with Crippen LogP contribution in [0.1, 0.15) is 23.1 Å². The first kappa shape index (κ1) is 33.0. The molecule has 13 heteroatoms. The Morgan fingerprint density at radius 2 is 1.67 bits per heavy atom. The van der Waals surface area contributed by atoms with Gasteiger partial charge in [0.1, 0.15) is 47.5 Å². The van der Waals surface area contributed by atoms with Crippen LogP contribution >= 0.6 is 23.2 Å². The second kappa shape index (κ2) is 15.7. The number of aliphatic carboxylic acids is 1. The molecule has 0 saturated heterocycles. The van der Waals surface area contributed by atoms with Crippen molar-refractivity contribution in [2.24, 2.45) is 0 Å². The number of aliphatic hydroxyl groups excluding tert-OH is 2. The molecule has 0 fully saturated rings. The fourth-order valence-corrected chi connectivity index (χ4v) is 5.11. The summed E-state index contributed by atoms with van der Waals surface area (Å²) in [6, 6.07) is 20.6. The second-order valence-electron chi connectivity index (χ2n) is 10.2. The van der Waals surface area contributed by atoms with Gasteiger partial charge in [-0.3, -0.25) is 10.1 Å². The Labute approximate surface area is 274 Å². The first-order valence-electron chi connectivity index (χ1n) is 14.3. The fourth-order valence-electron chi connectivity index (χ4n) is 4.58. The van der Waals surface area contributed by atoms with E-state index >= 15 is 0 Å². The zero-order chi connectivity index (χ0) is 32.5. The number of hydrogen-bond acceptors (Lipinski definition) is 10. The molecule has 0 aliphatic rings. The predicted octanol–water partition coefficient (Wildman–Crippen LogP) is 5.65. The van der Waals surface area contributed by atoms with E-state index in [1.165, 1.54) is 0 Å². The number of carbonyl (C=O) groups is 1. The highest BCUT2D eigenvalue weighted by Gasteiger charge is 2.19. The highest BCUT2D eigenvalue weighted by atomic mass is 35.5. The van der Waals surface area contributed by atoms with Gasteiger partial charge in [0.2, 0.25) is 0 Å². The molecule has 5 aromatic rings. The van der Waals surface area contributed by atoms with Gasteiger partial charge in [-0.05, 0) is 51.8 Å². The summed E-state index contributed by atoms with van der Waals surface area (Å²) in [6.45, 7) is 0.159. The summed E-state index contributed by atoms with van der Waals surface area (Å²) in [7, 11) is 0. The number of rotatable bonds is 16. The molecule has 0 bridgehead atoms. The van der Waals surface area contributed by atoms with Crippen LogP contribution < -0.4 is 19.5 Å². The summed E-state index contributed by atoms with van der Waals surface area (Å²) in [5.41, 5.74) is 4.92. The van der Waals surface area contributed by atoms with E-state index in [2.05, 4.69) is 15.6 Å². The highest BCUT2D eigenvalue weighted by Crippen LogP contribution is 2.36. The lowest BCUT2D eigenvalue weighted by Gasteiger charge is -2.18. The molecule has 1 aromatic heterocycles. The molecule has 46 heavy (non-hydrogen) atoms. The summed E-state index contributed by atoms with van der Waals surface area (Å²) in [6.07, 6.45) is 0.534. The van der Waals surface area contributed by atoms with E-state index in [4.69, 9.17) is 47.1 Å². The zero-order valence-electron chi connectivity index (χ0n) is 24.5. The average molecular weight is 669 g/mol. The Bertz CT molecular complexity index is 1800. The van der Waals surface area contributed by atoms with Crippen molar-refractivity contribution in [1.29, 1.82) is 0 Å². The molecule has 11 nitrogen and oxygen atoms in total. The molecule has 0 radical (unpaired) electrons. The number of fused-ring (bicyclic) bond motifs is 1. The van der Waals surface area contributed by atoms with Crippen LogP contribution in [0.4, 0.5) is 0 Å². The van der Waals surface area contributed by atoms with Crippen LogP contribution in [-0.2, 0) is 24.6 Å². The maximum absolute atomic E-state index is 11.4. The zero-order valence-corrected chi connectivity index (χ0v) is 26.0. The quantitative estimate of drug-likeness (QED) is 0.0964. The minimum atomic E-state index is -1.19. The summed E-state index contributed by atoms with van der Waals surface area (Å²) >= 11 is 13.5.